The van der Waals surface area contributed by atoms with Gasteiger partial charge in [0.25, 0.3) is 0 Å². The van der Waals surface area contributed by atoms with Crippen LogP contribution in [-0.4, -0.2) is 42.5 Å². The largest absolute Gasteiger partial charge is 0.368 e. The lowest BCUT2D eigenvalue weighted by Gasteiger charge is -2.23. The lowest BCUT2D eigenvalue weighted by Crippen LogP contribution is -2.38. The van der Waals surface area contributed by atoms with E-state index in [0.29, 0.717) is 18.3 Å². The lowest BCUT2D eigenvalue weighted by molar-refractivity contribution is 0.559. The molecule has 0 aliphatic heterocycles. The first-order valence-electron chi connectivity index (χ1n) is 5.76. The van der Waals surface area contributed by atoms with Gasteiger partial charge in [0.1, 0.15) is 5.82 Å². The van der Waals surface area contributed by atoms with Crippen LogP contribution in [0.25, 0.3) is 0 Å². The summed E-state index contributed by atoms with van der Waals surface area (Å²) < 4.78 is 22.3. The fourth-order valence-electron chi connectivity index (χ4n) is 1.13. The Morgan fingerprint density at radius 2 is 2.00 bits per heavy atom. The van der Waals surface area contributed by atoms with Crippen molar-refractivity contribution >= 4 is 21.6 Å². The highest BCUT2D eigenvalue weighted by Gasteiger charge is 2.29. The third-order valence-electron chi connectivity index (χ3n) is 2.69. The molecule has 0 aliphatic carbocycles. The van der Waals surface area contributed by atoms with Crippen LogP contribution in [0.5, 0.6) is 0 Å². The monoisotopic (exact) mass is 272 g/mol. The van der Waals surface area contributed by atoms with Gasteiger partial charge in [0.2, 0.25) is 5.95 Å². The van der Waals surface area contributed by atoms with Gasteiger partial charge in [0.05, 0.1) is 4.75 Å². The average molecular weight is 272 g/mol. The zero-order valence-electron chi connectivity index (χ0n) is 11.2. The Hall–Kier alpha value is -1.37. The van der Waals surface area contributed by atoms with Crippen molar-refractivity contribution < 1.29 is 8.42 Å². The van der Waals surface area contributed by atoms with E-state index in [4.69, 9.17) is 0 Å². The number of anilines is 2. The fraction of sp³-hybridized carbons (Fsp3) is 0.636. The molecule has 18 heavy (non-hydrogen) atoms. The molecule has 0 saturated heterocycles. The Morgan fingerprint density at radius 3 is 2.56 bits per heavy atom. The standard InChI is InChI=1S/C11H20N4O2S/c1-5-12-10-13-7-6-9(15-10)14-8-11(2,3)18(4,16)17/h6-7H,5,8H2,1-4H3,(H2,12,13,14,15). The van der Waals surface area contributed by atoms with E-state index in [2.05, 4.69) is 20.6 Å². The Morgan fingerprint density at radius 1 is 1.33 bits per heavy atom. The molecule has 2 N–H and O–H groups in total. The summed E-state index contributed by atoms with van der Waals surface area (Å²) in [6.45, 7) is 6.35. The summed E-state index contributed by atoms with van der Waals surface area (Å²) in [6.07, 6.45) is 2.86. The molecule has 0 atom stereocenters. The van der Waals surface area contributed by atoms with Crippen LogP contribution in [0.15, 0.2) is 12.3 Å². The van der Waals surface area contributed by atoms with Crippen LogP contribution in [0.2, 0.25) is 0 Å². The van der Waals surface area contributed by atoms with Crippen LogP contribution in [0.1, 0.15) is 20.8 Å². The van der Waals surface area contributed by atoms with Gasteiger partial charge in [-0.2, -0.15) is 4.98 Å². The van der Waals surface area contributed by atoms with Crippen molar-refractivity contribution in [3.8, 4) is 0 Å². The molecule has 1 rings (SSSR count). The van der Waals surface area contributed by atoms with E-state index >= 15 is 0 Å². The molecule has 0 aromatic carbocycles. The Kier molecular flexibility index (Phi) is 4.50. The van der Waals surface area contributed by atoms with Crippen LogP contribution in [0.3, 0.4) is 0 Å². The Labute approximate surface area is 108 Å². The van der Waals surface area contributed by atoms with Crippen molar-refractivity contribution in [3.05, 3.63) is 12.3 Å². The number of nitrogens with zero attached hydrogens (tertiary/aromatic N) is 2. The third kappa shape index (κ3) is 3.83. The Bertz CT molecular complexity index is 500. The smallest absolute Gasteiger partial charge is 0.224 e. The lowest BCUT2D eigenvalue weighted by atomic mass is 10.2. The van der Waals surface area contributed by atoms with Crippen LogP contribution in [0.4, 0.5) is 11.8 Å². The number of nitrogens with one attached hydrogen (secondary N) is 2. The first-order valence-corrected chi connectivity index (χ1v) is 7.66. The number of aromatic nitrogens is 2. The van der Waals surface area contributed by atoms with E-state index in [1.807, 2.05) is 6.92 Å². The van der Waals surface area contributed by atoms with E-state index in [0.717, 1.165) is 6.54 Å². The maximum absolute atomic E-state index is 11.6. The highest BCUT2D eigenvalue weighted by atomic mass is 32.2. The molecule has 6 nitrogen and oxygen atoms in total. The first kappa shape index (κ1) is 14.7. The summed E-state index contributed by atoms with van der Waals surface area (Å²) in [4.78, 5) is 8.26. The van der Waals surface area contributed by atoms with Crippen LogP contribution in [0, 0.1) is 0 Å². The van der Waals surface area contributed by atoms with E-state index in [1.165, 1.54) is 6.26 Å². The summed E-state index contributed by atoms with van der Waals surface area (Å²) in [5.74, 6) is 1.14. The summed E-state index contributed by atoms with van der Waals surface area (Å²) in [5.41, 5.74) is 0. The highest BCUT2D eigenvalue weighted by molar-refractivity contribution is 7.92. The molecule has 0 saturated carbocycles. The summed E-state index contributed by atoms with van der Waals surface area (Å²) in [5, 5.41) is 6.01. The second-order valence-electron chi connectivity index (χ2n) is 4.68. The van der Waals surface area contributed by atoms with Gasteiger partial charge in [-0.15, -0.1) is 0 Å². The Balaban J connectivity index is 2.72. The molecule has 0 unspecified atom stereocenters. The van der Waals surface area contributed by atoms with E-state index in [9.17, 15) is 8.42 Å². The topological polar surface area (TPSA) is 84.0 Å². The zero-order chi connectivity index (χ0) is 13.8. The maximum Gasteiger partial charge on any atom is 0.224 e. The molecular weight excluding hydrogens is 252 g/mol. The van der Waals surface area contributed by atoms with Crippen LogP contribution in [-0.2, 0) is 9.84 Å². The number of rotatable bonds is 6. The van der Waals surface area contributed by atoms with Gasteiger partial charge in [-0.25, -0.2) is 13.4 Å². The fourth-order valence-corrected chi connectivity index (χ4v) is 1.47. The molecular formula is C11H20N4O2S. The molecule has 102 valence electrons. The van der Waals surface area contributed by atoms with Crippen molar-refractivity contribution in [2.45, 2.75) is 25.5 Å². The van der Waals surface area contributed by atoms with Crippen molar-refractivity contribution in [2.24, 2.45) is 0 Å². The van der Waals surface area contributed by atoms with Gasteiger partial charge in [-0.05, 0) is 26.8 Å². The molecule has 0 spiro atoms. The van der Waals surface area contributed by atoms with Gasteiger partial charge in [0, 0.05) is 25.5 Å². The van der Waals surface area contributed by atoms with Crippen LogP contribution >= 0.6 is 0 Å². The molecule has 0 radical (unpaired) electrons. The summed E-state index contributed by atoms with van der Waals surface area (Å²) in [7, 11) is -3.11. The second-order valence-corrected chi connectivity index (χ2v) is 7.33. The number of hydrogen-bond acceptors (Lipinski definition) is 6. The predicted octanol–water partition coefficient (Wildman–Crippen LogP) is 1.14. The third-order valence-corrected chi connectivity index (χ3v) is 4.84. The minimum atomic E-state index is -3.11. The predicted molar refractivity (Wildman–Crippen MR) is 73.6 cm³/mol. The molecule has 1 heterocycles. The molecule has 1 aromatic heterocycles. The molecule has 0 aliphatic rings. The van der Waals surface area contributed by atoms with Gasteiger partial charge >= 0.3 is 0 Å². The molecule has 0 bridgehead atoms. The maximum atomic E-state index is 11.6. The SMILES string of the molecule is CCNc1nccc(NCC(C)(C)S(C)(=O)=O)n1. The molecule has 7 heteroatoms. The number of sulfone groups is 1. The molecule has 0 amide bonds. The minimum absolute atomic E-state index is 0.300. The molecule has 1 aromatic rings. The summed E-state index contributed by atoms with van der Waals surface area (Å²) >= 11 is 0. The van der Waals surface area contributed by atoms with Gasteiger partial charge in [0.15, 0.2) is 9.84 Å². The van der Waals surface area contributed by atoms with Crippen molar-refractivity contribution in [2.75, 3.05) is 30.0 Å². The zero-order valence-corrected chi connectivity index (χ0v) is 12.0. The van der Waals surface area contributed by atoms with Crippen molar-refractivity contribution in [1.82, 2.24) is 9.97 Å². The number of hydrogen-bond donors (Lipinski definition) is 2. The quantitative estimate of drug-likeness (QED) is 0.808. The highest BCUT2D eigenvalue weighted by Crippen LogP contribution is 2.16. The van der Waals surface area contributed by atoms with Gasteiger partial charge < -0.3 is 10.6 Å². The van der Waals surface area contributed by atoms with E-state index in [1.54, 1.807) is 26.1 Å². The van der Waals surface area contributed by atoms with Crippen molar-refractivity contribution in [1.29, 1.82) is 0 Å². The van der Waals surface area contributed by atoms with Gasteiger partial charge in [-0.3, -0.25) is 0 Å². The normalized spacial score (nSPS) is 12.2. The minimum Gasteiger partial charge on any atom is -0.368 e. The summed E-state index contributed by atoms with van der Waals surface area (Å²) in [6, 6.07) is 1.71. The average Bonchev–Trinajstić information content (AvgIpc) is 2.26. The van der Waals surface area contributed by atoms with Gasteiger partial charge in [-0.1, -0.05) is 0 Å². The molecule has 0 fully saturated rings. The van der Waals surface area contributed by atoms with Crippen molar-refractivity contribution in [3.63, 3.8) is 0 Å². The van der Waals surface area contributed by atoms with Crippen LogP contribution < -0.4 is 10.6 Å². The van der Waals surface area contributed by atoms with E-state index < -0.39 is 14.6 Å². The van der Waals surface area contributed by atoms with E-state index in [-0.39, 0.29) is 0 Å². The second kappa shape index (κ2) is 5.51. The first-order chi connectivity index (χ1) is 8.26.